The molecule has 4 nitrogen and oxygen atoms in total. The van der Waals surface area contributed by atoms with Crippen molar-refractivity contribution < 1.29 is 14.3 Å². The minimum atomic E-state index is -0.406. The average Bonchev–Trinajstić information content (AvgIpc) is 2.97. The Hall–Kier alpha value is -0.910. The molecule has 0 atom stereocenters. The second-order valence-electron chi connectivity index (χ2n) is 5.23. The van der Waals surface area contributed by atoms with Crippen LogP contribution in [-0.4, -0.2) is 42.9 Å². The van der Waals surface area contributed by atoms with Crippen molar-refractivity contribution in [3.8, 4) is 0 Å². The third-order valence-corrected chi connectivity index (χ3v) is 4.86. The molecule has 1 aromatic rings. The summed E-state index contributed by atoms with van der Waals surface area (Å²) in [6.07, 6.45) is 1.56. The van der Waals surface area contributed by atoms with Gasteiger partial charge in [0.25, 0.3) is 5.91 Å². The Bertz CT molecular complexity index is 481. The van der Waals surface area contributed by atoms with Crippen molar-refractivity contribution in [2.75, 3.05) is 26.3 Å². The van der Waals surface area contributed by atoms with Crippen molar-refractivity contribution in [3.63, 3.8) is 0 Å². The Morgan fingerprint density at radius 1 is 1.26 bits per heavy atom. The fraction of sp³-hybridized carbons (Fsp3) is 0.643. The maximum Gasteiger partial charge on any atom is 0.254 e. The first kappa shape index (κ1) is 13.1. The zero-order valence-corrected chi connectivity index (χ0v) is 12.2. The summed E-state index contributed by atoms with van der Waals surface area (Å²) < 4.78 is 11.4. The molecule has 1 amide bonds. The van der Waals surface area contributed by atoms with E-state index in [2.05, 4.69) is 0 Å². The van der Waals surface area contributed by atoms with Gasteiger partial charge in [-0.15, -0.1) is 11.3 Å². The highest BCUT2D eigenvalue weighted by Crippen LogP contribution is 2.32. The first-order chi connectivity index (χ1) is 9.10. The van der Waals surface area contributed by atoms with Crippen molar-refractivity contribution in [1.29, 1.82) is 0 Å². The zero-order chi connectivity index (χ0) is 13.5. The van der Waals surface area contributed by atoms with Gasteiger partial charge in [-0.3, -0.25) is 4.79 Å². The monoisotopic (exact) mass is 281 g/mol. The topological polar surface area (TPSA) is 38.8 Å². The minimum absolute atomic E-state index is 0.148. The van der Waals surface area contributed by atoms with Gasteiger partial charge in [-0.05, 0) is 19.9 Å². The number of thiophene rings is 1. The van der Waals surface area contributed by atoms with Gasteiger partial charge in [-0.1, -0.05) is 0 Å². The highest BCUT2D eigenvalue weighted by Gasteiger charge is 2.41. The Kier molecular flexibility index (Phi) is 3.37. The number of piperidine rings is 1. The second kappa shape index (κ2) is 4.89. The summed E-state index contributed by atoms with van der Waals surface area (Å²) in [5.74, 6) is -0.258. The maximum absolute atomic E-state index is 12.5. The first-order valence-corrected chi connectivity index (χ1v) is 7.55. The highest BCUT2D eigenvalue weighted by atomic mass is 32.1. The molecular formula is C14H19NO3S. The van der Waals surface area contributed by atoms with Crippen LogP contribution >= 0.6 is 11.3 Å². The molecule has 104 valence electrons. The van der Waals surface area contributed by atoms with Gasteiger partial charge in [0.2, 0.25) is 0 Å². The molecule has 1 aromatic heterocycles. The average molecular weight is 281 g/mol. The van der Waals surface area contributed by atoms with Gasteiger partial charge in [0.05, 0.1) is 18.8 Å². The van der Waals surface area contributed by atoms with Crippen molar-refractivity contribution >= 4 is 17.2 Å². The normalized spacial score (nSPS) is 22.1. The zero-order valence-electron chi connectivity index (χ0n) is 11.4. The molecule has 0 N–H and O–H groups in total. The van der Waals surface area contributed by atoms with E-state index in [1.807, 2.05) is 24.8 Å². The molecule has 0 aromatic carbocycles. The van der Waals surface area contributed by atoms with E-state index < -0.39 is 5.79 Å². The predicted octanol–water partition coefficient (Wildman–Crippen LogP) is 2.34. The number of hydrogen-bond acceptors (Lipinski definition) is 4. The smallest absolute Gasteiger partial charge is 0.254 e. The fourth-order valence-corrected chi connectivity index (χ4v) is 3.77. The number of nitrogens with zero attached hydrogens (tertiary/aromatic N) is 1. The highest BCUT2D eigenvalue weighted by molar-refractivity contribution is 7.12. The molecule has 0 saturated carbocycles. The summed E-state index contributed by atoms with van der Waals surface area (Å²) in [5.41, 5.74) is 0.853. The Labute approximate surface area is 117 Å². The van der Waals surface area contributed by atoms with E-state index in [0.717, 1.165) is 23.3 Å². The van der Waals surface area contributed by atoms with Crippen molar-refractivity contribution in [3.05, 3.63) is 21.4 Å². The van der Waals surface area contributed by atoms with Gasteiger partial charge in [-0.2, -0.15) is 0 Å². The lowest BCUT2D eigenvalue weighted by atomic mass is 10.0. The van der Waals surface area contributed by atoms with Gasteiger partial charge in [-0.25, -0.2) is 0 Å². The van der Waals surface area contributed by atoms with E-state index in [9.17, 15) is 4.79 Å². The molecule has 3 heterocycles. The SMILES string of the molecule is Cc1cc(C(=O)N2CCC3(CC2)OCCO3)c(C)s1. The van der Waals surface area contributed by atoms with Gasteiger partial charge in [0, 0.05) is 35.7 Å². The summed E-state index contributed by atoms with van der Waals surface area (Å²) in [6.45, 7) is 6.84. The molecule has 0 bridgehead atoms. The van der Waals surface area contributed by atoms with Gasteiger partial charge < -0.3 is 14.4 Å². The number of aryl methyl sites for hydroxylation is 2. The third-order valence-electron chi connectivity index (χ3n) is 3.90. The molecule has 3 rings (SSSR count). The molecule has 2 aliphatic rings. The maximum atomic E-state index is 12.5. The summed E-state index contributed by atoms with van der Waals surface area (Å²) >= 11 is 1.68. The molecule has 0 aliphatic carbocycles. The van der Waals surface area contributed by atoms with Crippen LogP contribution in [0.25, 0.3) is 0 Å². The quantitative estimate of drug-likeness (QED) is 0.793. The summed E-state index contributed by atoms with van der Waals surface area (Å²) in [5, 5.41) is 0. The summed E-state index contributed by atoms with van der Waals surface area (Å²) in [4.78, 5) is 16.7. The Morgan fingerprint density at radius 2 is 1.89 bits per heavy atom. The number of hydrogen-bond donors (Lipinski definition) is 0. The Balaban J connectivity index is 1.68. The van der Waals surface area contributed by atoms with Crippen LogP contribution in [0.3, 0.4) is 0 Å². The largest absolute Gasteiger partial charge is 0.347 e. The van der Waals surface area contributed by atoms with E-state index in [1.54, 1.807) is 11.3 Å². The lowest BCUT2D eigenvalue weighted by molar-refractivity contribution is -0.181. The molecular weight excluding hydrogens is 262 g/mol. The molecule has 19 heavy (non-hydrogen) atoms. The van der Waals surface area contributed by atoms with Gasteiger partial charge in [0.15, 0.2) is 5.79 Å². The fourth-order valence-electron chi connectivity index (χ4n) is 2.85. The van der Waals surface area contributed by atoms with Gasteiger partial charge in [0.1, 0.15) is 0 Å². The van der Waals surface area contributed by atoms with Crippen LogP contribution in [0, 0.1) is 13.8 Å². The second-order valence-corrected chi connectivity index (χ2v) is 6.69. The van der Waals surface area contributed by atoms with Crippen LogP contribution in [0.4, 0.5) is 0 Å². The lowest BCUT2D eigenvalue weighted by Gasteiger charge is -2.37. The van der Waals surface area contributed by atoms with Crippen LogP contribution < -0.4 is 0 Å². The number of amides is 1. The van der Waals surface area contributed by atoms with Crippen molar-refractivity contribution in [2.24, 2.45) is 0 Å². The van der Waals surface area contributed by atoms with Crippen LogP contribution in [0.5, 0.6) is 0 Å². The van der Waals surface area contributed by atoms with E-state index in [1.165, 1.54) is 4.88 Å². The molecule has 0 unspecified atom stereocenters. The molecule has 0 radical (unpaired) electrons. The summed E-state index contributed by atoms with van der Waals surface area (Å²) in [6, 6.07) is 2.00. The number of carbonyl (C=O) groups is 1. The first-order valence-electron chi connectivity index (χ1n) is 6.74. The number of ether oxygens (including phenoxy) is 2. The van der Waals surface area contributed by atoms with Crippen LogP contribution in [0.2, 0.25) is 0 Å². The number of likely N-dealkylation sites (tertiary alicyclic amines) is 1. The predicted molar refractivity (Wildman–Crippen MR) is 73.6 cm³/mol. The van der Waals surface area contributed by atoms with E-state index in [-0.39, 0.29) is 5.91 Å². The van der Waals surface area contributed by atoms with E-state index in [0.29, 0.717) is 26.3 Å². The Morgan fingerprint density at radius 3 is 2.42 bits per heavy atom. The van der Waals surface area contributed by atoms with Crippen molar-refractivity contribution in [1.82, 2.24) is 4.90 Å². The molecule has 1 spiro atoms. The molecule has 2 fully saturated rings. The lowest BCUT2D eigenvalue weighted by Crippen LogP contribution is -2.47. The van der Waals surface area contributed by atoms with Crippen LogP contribution in [-0.2, 0) is 9.47 Å². The standard InChI is InChI=1S/C14H19NO3S/c1-10-9-12(11(2)19-10)13(16)15-5-3-14(4-6-15)17-7-8-18-14/h9H,3-8H2,1-2H3. The van der Waals surface area contributed by atoms with Gasteiger partial charge >= 0.3 is 0 Å². The molecule has 2 saturated heterocycles. The van der Waals surface area contributed by atoms with Crippen molar-refractivity contribution in [2.45, 2.75) is 32.5 Å². The minimum Gasteiger partial charge on any atom is -0.347 e. The number of rotatable bonds is 1. The van der Waals surface area contributed by atoms with E-state index >= 15 is 0 Å². The third kappa shape index (κ3) is 2.42. The number of carbonyl (C=O) groups excluding carboxylic acids is 1. The molecule has 2 aliphatic heterocycles. The summed E-state index contributed by atoms with van der Waals surface area (Å²) in [7, 11) is 0. The van der Waals surface area contributed by atoms with Crippen LogP contribution in [0.1, 0.15) is 33.0 Å². The van der Waals surface area contributed by atoms with Crippen LogP contribution in [0.15, 0.2) is 6.07 Å². The van der Waals surface area contributed by atoms with E-state index in [4.69, 9.17) is 9.47 Å². The molecule has 5 heteroatoms.